The zero-order valence-electron chi connectivity index (χ0n) is 15.1. The summed E-state index contributed by atoms with van der Waals surface area (Å²) in [6, 6.07) is 9.02. The average molecular weight is 329 g/mol. The van der Waals surface area contributed by atoms with Crippen molar-refractivity contribution in [3.05, 3.63) is 64.1 Å². The van der Waals surface area contributed by atoms with Crippen LogP contribution in [0, 0.1) is 13.8 Å². The topological polar surface area (TPSA) is 21.1 Å². The van der Waals surface area contributed by atoms with Gasteiger partial charge < -0.3 is 9.47 Å². The number of rotatable bonds is 1. The van der Waals surface area contributed by atoms with E-state index in [1.165, 1.54) is 44.4 Å². The van der Waals surface area contributed by atoms with Crippen LogP contribution in [0.5, 0.6) is 0 Å². The predicted octanol–water partition coefficient (Wildman–Crippen LogP) is 4.20. The molecule has 0 bridgehead atoms. The van der Waals surface area contributed by atoms with Gasteiger partial charge in [-0.15, -0.1) is 0 Å². The van der Waals surface area contributed by atoms with E-state index in [1.807, 2.05) is 13.1 Å². The minimum absolute atomic E-state index is 0.955. The van der Waals surface area contributed by atoms with E-state index in [2.05, 4.69) is 58.8 Å². The minimum atomic E-state index is 0.955. The molecule has 0 spiro atoms. The van der Waals surface area contributed by atoms with E-state index in [9.17, 15) is 0 Å². The smallest absolute Gasteiger partial charge is 0.0562 e. The standard InChI is InChI=1S/C22H23N3/c1-14-8-17-10-18(16-5-4-15(2)23-11-16)12-25-21-6-7-24(3)13-20(21)19(9-14)22(17)25/h4-5,8-11H,6-7,12-13H2,1-3H3. The van der Waals surface area contributed by atoms with Crippen LogP contribution in [0.15, 0.2) is 30.5 Å². The van der Waals surface area contributed by atoms with Crippen molar-refractivity contribution in [2.24, 2.45) is 0 Å². The Bertz CT molecular complexity index is 1020. The summed E-state index contributed by atoms with van der Waals surface area (Å²) in [6.45, 7) is 7.41. The molecule has 0 unspecified atom stereocenters. The largest absolute Gasteiger partial charge is 0.339 e. The molecule has 0 N–H and O–H groups in total. The highest BCUT2D eigenvalue weighted by molar-refractivity contribution is 5.99. The second kappa shape index (κ2) is 5.30. The van der Waals surface area contributed by atoms with Gasteiger partial charge in [-0.3, -0.25) is 4.98 Å². The van der Waals surface area contributed by atoms with Gasteiger partial charge in [0.05, 0.1) is 5.52 Å². The van der Waals surface area contributed by atoms with Crippen molar-refractivity contribution >= 4 is 22.6 Å². The molecular formula is C22H23N3. The van der Waals surface area contributed by atoms with Crippen LogP contribution in [0.3, 0.4) is 0 Å². The summed E-state index contributed by atoms with van der Waals surface area (Å²) in [6.07, 6.45) is 5.53. The molecule has 1 aromatic carbocycles. The monoisotopic (exact) mass is 329 g/mol. The van der Waals surface area contributed by atoms with E-state index >= 15 is 0 Å². The number of hydrogen-bond acceptors (Lipinski definition) is 2. The fraction of sp³-hybridized carbons (Fsp3) is 0.318. The number of benzene rings is 1. The zero-order chi connectivity index (χ0) is 17.1. The van der Waals surface area contributed by atoms with Gasteiger partial charge in [-0.1, -0.05) is 6.07 Å². The summed E-state index contributed by atoms with van der Waals surface area (Å²) in [4.78, 5) is 6.94. The van der Waals surface area contributed by atoms with Gasteiger partial charge in [-0.2, -0.15) is 0 Å². The molecule has 0 atom stereocenters. The van der Waals surface area contributed by atoms with Gasteiger partial charge in [0.1, 0.15) is 0 Å². The third-order valence-corrected chi connectivity index (χ3v) is 5.65. The molecule has 0 saturated carbocycles. The first kappa shape index (κ1) is 14.9. The van der Waals surface area contributed by atoms with E-state index in [0.717, 1.165) is 31.7 Å². The lowest BCUT2D eigenvalue weighted by Gasteiger charge is -2.25. The Morgan fingerprint density at radius 3 is 2.76 bits per heavy atom. The first-order valence-electron chi connectivity index (χ1n) is 9.07. The van der Waals surface area contributed by atoms with Crippen LogP contribution in [-0.2, 0) is 19.5 Å². The predicted molar refractivity (Wildman–Crippen MR) is 104 cm³/mol. The van der Waals surface area contributed by atoms with Crippen molar-refractivity contribution in [3.63, 3.8) is 0 Å². The number of fused-ring (bicyclic) bond motifs is 3. The molecule has 0 fully saturated rings. The van der Waals surface area contributed by atoms with Crippen molar-refractivity contribution in [2.45, 2.75) is 33.4 Å². The molecule has 25 heavy (non-hydrogen) atoms. The summed E-state index contributed by atoms with van der Waals surface area (Å²) in [5.41, 5.74) is 10.9. The summed E-state index contributed by atoms with van der Waals surface area (Å²) >= 11 is 0. The first-order chi connectivity index (χ1) is 12.1. The number of likely N-dealkylation sites (N-methyl/N-ethyl adjacent to an activating group) is 1. The maximum absolute atomic E-state index is 4.51. The molecule has 126 valence electrons. The minimum Gasteiger partial charge on any atom is -0.339 e. The highest BCUT2D eigenvalue weighted by Crippen LogP contribution is 2.39. The molecule has 3 heteroatoms. The number of hydrogen-bond donors (Lipinski definition) is 0. The third-order valence-electron chi connectivity index (χ3n) is 5.65. The fourth-order valence-electron chi connectivity index (χ4n) is 4.42. The SMILES string of the molecule is Cc1cc2c3c(c1)c1c(n3CC(c3ccc(C)nc3)=C2)CCN(C)C1. The Morgan fingerprint density at radius 1 is 1.08 bits per heavy atom. The number of pyridine rings is 1. The van der Waals surface area contributed by atoms with Gasteiger partial charge in [0.2, 0.25) is 0 Å². The maximum Gasteiger partial charge on any atom is 0.0562 e. The molecular weight excluding hydrogens is 306 g/mol. The molecule has 3 nitrogen and oxygen atoms in total. The van der Waals surface area contributed by atoms with Gasteiger partial charge in [-0.05, 0) is 73.0 Å². The van der Waals surface area contributed by atoms with Crippen LogP contribution >= 0.6 is 0 Å². The third kappa shape index (κ3) is 2.26. The van der Waals surface area contributed by atoms with Crippen LogP contribution in [0.25, 0.3) is 22.6 Å². The maximum atomic E-state index is 4.51. The van der Waals surface area contributed by atoms with Gasteiger partial charge in [0, 0.05) is 49.0 Å². The van der Waals surface area contributed by atoms with Crippen LogP contribution in [0.1, 0.15) is 33.6 Å². The molecule has 0 saturated heterocycles. The Hall–Kier alpha value is -2.39. The van der Waals surface area contributed by atoms with Gasteiger partial charge in [-0.25, -0.2) is 0 Å². The Balaban J connectivity index is 1.74. The molecule has 5 rings (SSSR count). The van der Waals surface area contributed by atoms with Crippen LogP contribution in [0.2, 0.25) is 0 Å². The van der Waals surface area contributed by atoms with Gasteiger partial charge in [0.25, 0.3) is 0 Å². The van der Waals surface area contributed by atoms with Crippen molar-refractivity contribution in [1.29, 1.82) is 0 Å². The second-order valence-electron chi connectivity index (χ2n) is 7.61. The zero-order valence-corrected chi connectivity index (χ0v) is 15.1. The first-order valence-corrected chi connectivity index (χ1v) is 9.07. The van der Waals surface area contributed by atoms with E-state index < -0.39 is 0 Å². The summed E-state index contributed by atoms with van der Waals surface area (Å²) in [5, 5.41) is 1.45. The molecule has 2 aliphatic heterocycles. The lowest BCUT2D eigenvalue weighted by atomic mass is 9.97. The number of aryl methyl sites for hydroxylation is 2. The average Bonchev–Trinajstić information content (AvgIpc) is 2.89. The highest BCUT2D eigenvalue weighted by Gasteiger charge is 2.26. The second-order valence-corrected chi connectivity index (χ2v) is 7.61. The molecule has 2 aliphatic rings. The molecule has 2 aromatic heterocycles. The van der Waals surface area contributed by atoms with Crippen molar-refractivity contribution in [1.82, 2.24) is 14.5 Å². The number of allylic oxidation sites excluding steroid dienone is 1. The van der Waals surface area contributed by atoms with E-state index in [4.69, 9.17) is 0 Å². The van der Waals surface area contributed by atoms with E-state index in [1.54, 1.807) is 0 Å². The fourth-order valence-corrected chi connectivity index (χ4v) is 4.42. The Morgan fingerprint density at radius 2 is 1.96 bits per heavy atom. The van der Waals surface area contributed by atoms with Gasteiger partial charge in [0.15, 0.2) is 0 Å². The highest BCUT2D eigenvalue weighted by atomic mass is 15.1. The molecule has 0 radical (unpaired) electrons. The van der Waals surface area contributed by atoms with Crippen molar-refractivity contribution < 1.29 is 0 Å². The van der Waals surface area contributed by atoms with Crippen LogP contribution in [-0.4, -0.2) is 28.0 Å². The molecule has 0 aliphatic carbocycles. The van der Waals surface area contributed by atoms with Crippen molar-refractivity contribution in [2.75, 3.05) is 13.6 Å². The van der Waals surface area contributed by atoms with E-state index in [0.29, 0.717) is 0 Å². The Kier molecular flexibility index (Phi) is 3.16. The Labute approximate surface area is 148 Å². The molecule has 3 aromatic rings. The lowest BCUT2D eigenvalue weighted by molar-refractivity contribution is 0.310. The molecule has 0 amide bonds. The summed E-state index contributed by atoms with van der Waals surface area (Å²) in [7, 11) is 2.23. The quantitative estimate of drug-likeness (QED) is 0.667. The number of nitrogens with zero attached hydrogens (tertiary/aromatic N) is 3. The van der Waals surface area contributed by atoms with Crippen LogP contribution < -0.4 is 0 Å². The van der Waals surface area contributed by atoms with Crippen molar-refractivity contribution in [3.8, 4) is 0 Å². The van der Waals surface area contributed by atoms with E-state index in [-0.39, 0.29) is 0 Å². The number of aromatic nitrogens is 2. The molecule has 4 heterocycles. The van der Waals surface area contributed by atoms with Gasteiger partial charge >= 0.3 is 0 Å². The van der Waals surface area contributed by atoms with Crippen LogP contribution in [0.4, 0.5) is 0 Å². The summed E-state index contributed by atoms with van der Waals surface area (Å²) < 4.78 is 2.57. The lowest BCUT2D eigenvalue weighted by Crippen LogP contribution is -2.27. The summed E-state index contributed by atoms with van der Waals surface area (Å²) in [5.74, 6) is 0. The normalized spacial score (nSPS) is 16.8.